The lowest BCUT2D eigenvalue weighted by molar-refractivity contribution is -0.137. The molecule has 1 unspecified atom stereocenters. The number of aromatic hydroxyl groups is 1. The molecule has 0 fully saturated rings. The SMILES string of the molecule is CCCC(CC(=O)O)c1ccc(O)c(C)c1. The third kappa shape index (κ3) is 3.26. The van der Waals surface area contributed by atoms with Crippen molar-refractivity contribution >= 4 is 5.97 Å². The van der Waals surface area contributed by atoms with E-state index in [1.165, 1.54) is 0 Å². The zero-order chi connectivity index (χ0) is 12.1. The van der Waals surface area contributed by atoms with Gasteiger partial charge in [0.2, 0.25) is 0 Å². The second kappa shape index (κ2) is 5.54. The fourth-order valence-corrected chi connectivity index (χ4v) is 1.88. The number of carboxylic acid groups (broad SMARTS) is 1. The Morgan fingerprint density at radius 2 is 2.12 bits per heavy atom. The summed E-state index contributed by atoms with van der Waals surface area (Å²) in [5.41, 5.74) is 1.79. The van der Waals surface area contributed by atoms with Crippen molar-refractivity contribution in [3.05, 3.63) is 29.3 Å². The fourth-order valence-electron chi connectivity index (χ4n) is 1.88. The third-order valence-electron chi connectivity index (χ3n) is 2.75. The van der Waals surface area contributed by atoms with Crippen molar-refractivity contribution in [2.45, 2.75) is 39.0 Å². The van der Waals surface area contributed by atoms with Crippen molar-refractivity contribution in [3.8, 4) is 5.75 Å². The Labute approximate surface area is 95.7 Å². The van der Waals surface area contributed by atoms with E-state index in [0.29, 0.717) is 0 Å². The van der Waals surface area contributed by atoms with Crippen LogP contribution < -0.4 is 0 Å². The van der Waals surface area contributed by atoms with Crippen LogP contribution in [-0.4, -0.2) is 16.2 Å². The lowest BCUT2D eigenvalue weighted by Gasteiger charge is -2.15. The van der Waals surface area contributed by atoms with Crippen molar-refractivity contribution in [1.82, 2.24) is 0 Å². The molecular formula is C13H18O3. The highest BCUT2D eigenvalue weighted by atomic mass is 16.4. The van der Waals surface area contributed by atoms with Gasteiger partial charge in [-0.05, 0) is 36.5 Å². The van der Waals surface area contributed by atoms with Gasteiger partial charge in [-0.1, -0.05) is 25.5 Å². The number of aliphatic carboxylic acids is 1. The van der Waals surface area contributed by atoms with E-state index in [0.717, 1.165) is 24.0 Å². The maximum absolute atomic E-state index is 10.8. The van der Waals surface area contributed by atoms with E-state index in [1.807, 2.05) is 26.0 Å². The first-order valence-corrected chi connectivity index (χ1v) is 5.56. The summed E-state index contributed by atoms with van der Waals surface area (Å²) >= 11 is 0. The van der Waals surface area contributed by atoms with Crippen LogP contribution in [0.15, 0.2) is 18.2 Å². The number of phenols is 1. The van der Waals surface area contributed by atoms with Crippen LogP contribution in [0.3, 0.4) is 0 Å². The molecular weight excluding hydrogens is 204 g/mol. The zero-order valence-corrected chi connectivity index (χ0v) is 9.73. The van der Waals surface area contributed by atoms with Gasteiger partial charge in [-0.3, -0.25) is 4.79 Å². The standard InChI is InChI=1S/C13H18O3/c1-3-4-10(8-13(15)16)11-5-6-12(14)9(2)7-11/h5-7,10,14H,3-4,8H2,1-2H3,(H,15,16). The maximum Gasteiger partial charge on any atom is 0.303 e. The summed E-state index contributed by atoms with van der Waals surface area (Å²) in [4.78, 5) is 10.8. The summed E-state index contributed by atoms with van der Waals surface area (Å²) in [5.74, 6) is -0.472. The van der Waals surface area contributed by atoms with Crippen LogP contribution in [0.1, 0.15) is 43.2 Å². The minimum Gasteiger partial charge on any atom is -0.508 e. The Morgan fingerprint density at radius 1 is 1.44 bits per heavy atom. The van der Waals surface area contributed by atoms with Gasteiger partial charge in [-0.25, -0.2) is 0 Å². The molecule has 0 heterocycles. The van der Waals surface area contributed by atoms with Crippen LogP contribution in [-0.2, 0) is 4.79 Å². The van der Waals surface area contributed by atoms with Gasteiger partial charge in [0, 0.05) is 0 Å². The second-order valence-corrected chi connectivity index (χ2v) is 4.13. The summed E-state index contributed by atoms with van der Waals surface area (Å²) < 4.78 is 0. The molecule has 1 aromatic carbocycles. The monoisotopic (exact) mass is 222 g/mol. The molecule has 0 radical (unpaired) electrons. The van der Waals surface area contributed by atoms with E-state index in [9.17, 15) is 9.90 Å². The van der Waals surface area contributed by atoms with E-state index in [1.54, 1.807) is 6.07 Å². The molecule has 0 bridgehead atoms. The Kier molecular flexibility index (Phi) is 4.35. The molecule has 3 nitrogen and oxygen atoms in total. The molecule has 0 aliphatic heterocycles. The van der Waals surface area contributed by atoms with Crippen LogP contribution in [0.2, 0.25) is 0 Å². The lowest BCUT2D eigenvalue weighted by atomic mass is 9.90. The summed E-state index contributed by atoms with van der Waals surface area (Å²) in [6.45, 7) is 3.87. The highest BCUT2D eigenvalue weighted by Gasteiger charge is 2.15. The van der Waals surface area contributed by atoms with Crippen molar-refractivity contribution < 1.29 is 15.0 Å². The Morgan fingerprint density at radius 3 is 2.62 bits per heavy atom. The molecule has 0 aromatic heterocycles. The van der Waals surface area contributed by atoms with E-state index < -0.39 is 5.97 Å². The smallest absolute Gasteiger partial charge is 0.303 e. The van der Waals surface area contributed by atoms with Crippen LogP contribution in [0.5, 0.6) is 5.75 Å². The van der Waals surface area contributed by atoms with Gasteiger partial charge in [-0.2, -0.15) is 0 Å². The summed E-state index contributed by atoms with van der Waals surface area (Å²) in [6, 6.07) is 5.32. The molecule has 0 aliphatic rings. The normalized spacial score (nSPS) is 12.4. The number of benzene rings is 1. The molecule has 3 heteroatoms. The maximum atomic E-state index is 10.8. The van der Waals surface area contributed by atoms with Gasteiger partial charge in [0.05, 0.1) is 6.42 Å². The number of hydrogen-bond acceptors (Lipinski definition) is 2. The molecule has 16 heavy (non-hydrogen) atoms. The molecule has 1 rings (SSSR count). The number of phenolic OH excluding ortho intramolecular Hbond substituents is 1. The van der Waals surface area contributed by atoms with Crippen LogP contribution in [0.25, 0.3) is 0 Å². The quantitative estimate of drug-likeness (QED) is 0.805. The van der Waals surface area contributed by atoms with Crippen molar-refractivity contribution in [2.75, 3.05) is 0 Å². The van der Waals surface area contributed by atoms with Crippen LogP contribution >= 0.6 is 0 Å². The van der Waals surface area contributed by atoms with E-state index in [-0.39, 0.29) is 18.1 Å². The minimum atomic E-state index is -0.774. The molecule has 0 amide bonds. The highest BCUT2D eigenvalue weighted by Crippen LogP contribution is 2.28. The molecule has 0 saturated carbocycles. The lowest BCUT2D eigenvalue weighted by Crippen LogP contribution is -2.06. The number of carboxylic acids is 1. The summed E-state index contributed by atoms with van der Waals surface area (Å²) in [7, 11) is 0. The van der Waals surface area contributed by atoms with Crippen LogP contribution in [0, 0.1) is 6.92 Å². The average molecular weight is 222 g/mol. The first-order chi connectivity index (χ1) is 7.54. The van der Waals surface area contributed by atoms with Crippen LogP contribution in [0.4, 0.5) is 0 Å². The number of aryl methyl sites for hydroxylation is 1. The second-order valence-electron chi connectivity index (χ2n) is 4.13. The van der Waals surface area contributed by atoms with Gasteiger partial charge < -0.3 is 10.2 Å². The fraction of sp³-hybridized carbons (Fsp3) is 0.462. The molecule has 0 spiro atoms. The molecule has 88 valence electrons. The first-order valence-electron chi connectivity index (χ1n) is 5.56. The Bertz CT molecular complexity index is 371. The molecule has 0 saturated heterocycles. The molecule has 1 aromatic rings. The largest absolute Gasteiger partial charge is 0.508 e. The van der Waals surface area contributed by atoms with Gasteiger partial charge in [-0.15, -0.1) is 0 Å². The predicted molar refractivity (Wildman–Crippen MR) is 62.7 cm³/mol. The minimum absolute atomic E-state index is 0.0433. The predicted octanol–water partition coefficient (Wildman–Crippen LogP) is 3.06. The average Bonchev–Trinajstić information content (AvgIpc) is 2.21. The number of carbonyl (C=O) groups is 1. The molecule has 0 aliphatic carbocycles. The Hall–Kier alpha value is -1.51. The Balaban J connectivity index is 2.91. The topological polar surface area (TPSA) is 57.5 Å². The van der Waals surface area contributed by atoms with Crippen molar-refractivity contribution in [3.63, 3.8) is 0 Å². The van der Waals surface area contributed by atoms with E-state index in [4.69, 9.17) is 5.11 Å². The first kappa shape index (κ1) is 12.6. The number of hydrogen-bond donors (Lipinski definition) is 2. The van der Waals surface area contributed by atoms with Gasteiger partial charge in [0.25, 0.3) is 0 Å². The van der Waals surface area contributed by atoms with Gasteiger partial charge in [0.15, 0.2) is 0 Å². The van der Waals surface area contributed by atoms with Crippen molar-refractivity contribution in [1.29, 1.82) is 0 Å². The summed E-state index contributed by atoms with van der Waals surface area (Å²) in [5, 5.41) is 18.3. The molecule has 2 N–H and O–H groups in total. The summed E-state index contributed by atoms with van der Waals surface area (Å²) in [6.07, 6.45) is 1.96. The third-order valence-corrected chi connectivity index (χ3v) is 2.75. The zero-order valence-electron chi connectivity index (χ0n) is 9.73. The number of rotatable bonds is 5. The van der Waals surface area contributed by atoms with E-state index in [2.05, 4.69) is 0 Å². The molecule has 1 atom stereocenters. The van der Waals surface area contributed by atoms with Gasteiger partial charge >= 0.3 is 5.97 Å². The van der Waals surface area contributed by atoms with Gasteiger partial charge in [0.1, 0.15) is 5.75 Å². The van der Waals surface area contributed by atoms with Crippen molar-refractivity contribution in [2.24, 2.45) is 0 Å². The highest BCUT2D eigenvalue weighted by molar-refractivity contribution is 5.68. The van der Waals surface area contributed by atoms with E-state index >= 15 is 0 Å².